The summed E-state index contributed by atoms with van der Waals surface area (Å²) >= 11 is 1.40. The molecule has 1 aliphatic rings. The highest BCUT2D eigenvalue weighted by atomic mass is 32.2. The molecule has 0 bridgehead atoms. The lowest BCUT2D eigenvalue weighted by Gasteiger charge is -2.23. The second-order valence-electron chi connectivity index (χ2n) is 6.05. The number of nitrogens with zero attached hydrogens (tertiary/aromatic N) is 4. The summed E-state index contributed by atoms with van der Waals surface area (Å²) in [4.78, 5) is 25.7. The first-order valence-corrected chi connectivity index (χ1v) is 9.17. The molecule has 4 rings (SSSR count). The number of amides is 2. The first-order chi connectivity index (χ1) is 13.1. The minimum absolute atomic E-state index is 0.0839. The normalized spacial score (nSPS) is 15.7. The highest BCUT2D eigenvalue weighted by Gasteiger charge is 2.28. The topological polar surface area (TPSA) is 102 Å². The van der Waals surface area contributed by atoms with Crippen LogP contribution in [-0.4, -0.2) is 37.3 Å². The zero-order valence-electron chi connectivity index (χ0n) is 14.4. The molecule has 1 aromatic heterocycles. The van der Waals surface area contributed by atoms with Crippen molar-refractivity contribution in [2.45, 2.75) is 16.6 Å². The Labute approximate surface area is 159 Å². The van der Waals surface area contributed by atoms with Crippen LogP contribution < -0.4 is 10.6 Å². The van der Waals surface area contributed by atoms with Crippen molar-refractivity contribution in [2.75, 3.05) is 10.6 Å². The van der Waals surface area contributed by atoms with Crippen molar-refractivity contribution in [1.82, 2.24) is 20.2 Å². The number of aromatic nitrogens is 4. The monoisotopic (exact) mass is 380 g/mol. The van der Waals surface area contributed by atoms with Gasteiger partial charge in [-0.1, -0.05) is 24.3 Å². The molecule has 0 fully saturated rings. The molecule has 0 spiro atoms. The van der Waals surface area contributed by atoms with Gasteiger partial charge in [-0.05, 0) is 34.7 Å². The summed E-state index contributed by atoms with van der Waals surface area (Å²) in [6, 6.07) is 14.8. The summed E-state index contributed by atoms with van der Waals surface area (Å²) in [5.41, 5.74) is 2.20. The fourth-order valence-corrected chi connectivity index (χ4v) is 3.93. The van der Waals surface area contributed by atoms with E-state index in [1.165, 1.54) is 11.8 Å². The van der Waals surface area contributed by atoms with Crippen LogP contribution in [0.1, 0.15) is 6.42 Å². The highest BCUT2D eigenvalue weighted by molar-refractivity contribution is 8.01. The Kier molecular flexibility index (Phi) is 4.59. The van der Waals surface area contributed by atoms with Gasteiger partial charge in [-0.3, -0.25) is 9.59 Å². The first-order valence-electron chi connectivity index (χ1n) is 8.29. The highest BCUT2D eigenvalue weighted by Crippen LogP contribution is 2.36. The van der Waals surface area contributed by atoms with Gasteiger partial charge in [0.1, 0.15) is 0 Å². The van der Waals surface area contributed by atoms with Crippen LogP contribution in [-0.2, 0) is 16.6 Å². The van der Waals surface area contributed by atoms with E-state index in [0.29, 0.717) is 11.5 Å². The Bertz CT molecular complexity index is 1020. The maximum Gasteiger partial charge on any atom is 0.238 e. The number of thioether (sulfide) groups is 1. The molecule has 0 saturated heterocycles. The zero-order valence-corrected chi connectivity index (χ0v) is 15.2. The summed E-state index contributed by atoms with van der Waals surface area (Å²) in [6.45, 7) is 0. The zero-order chi connectivity index (χ0) is 18.8. The quantitative estimate of drug-likeness (QED) is 0.720. The summed E-state index contributed by atoms with van der Waals surface area (Å²) in [7, 11) is 1.75. The molecule has 1 unspecified atom stereocenters. The third-order valence-corrected chi connectivity index (χ3v) is 5.38. The standard InChI is InChI=1S/C18H16N6O2S/c1-24-17(21-22-23-24)11-5-4-6-12(9-11)19-16(25)10-15-18(26)20-13-7-2-3-8-14(13)27-15/h2-9,15H,10H2,1H3,(H,19,25)(H,20,26). The van der Waals surface area contributed by atoms with Gasteiger partial charge in [0, 0.05) is 29.6 Å². The van der Waals surface area contributed by atoms with E-state index in [0.717, 1.165) is 16.1 Å². The Morgan fingerprint density at radius 1 is 1.26 bits per heavy atom. The summed E-state index contributed by atoms with van der Waals surface area (Å²) in [5.74, 6) is 0.216. The third-order valence-electron chi connectivity index (χ3n) is 4.10. The predicted molar refractivity (Wildman–Crippen MR) is 102 cm³/mol. The SMILES string of the molecule is Cn1nnnc1-c1cccc(NC(=O)CC2Sc3ccccc3NC2=O)c1. The molecule has 2 aromatic carbocycles. The Hall–Kier alpha value is -3.20. The smallest absolute Gasteiger partial charge is 0.238 e. The van der Waals surface area contributed by atoms with Gasteiger partial charge in [0.25, 0.3) is 0 Å². The molecule has 136 valence electrons. The molecule has 3 aromatic rings. The molecule has 2 N–H and O–H groups in total. The van der Waals surface area contributed by atoms with Crippen LogP contribution in [0.15, 0.2) is 53.4 Å². The summed E-state index contributed by atoms with van der Waals surface area (Å²) < 4.78 is 1.56. The number of benzene rings is 2. The second-order valence-corrected chi connectivity index (χ2v) is 7.30. The van der Waals surface area contributed by atoms with Gasteiger partial charge in [0.05, 0.1) is 10.9 Å². The minimum atomic E-state index is -0.467. The molecule has 1 aliphatic heterocycles. The van der Waals surface area contributed by atoms with Crippen molar-refractivity contribution in [2.24, 2.45) is 7.05 Å². The van der Waals surface area contributed by atoms with Crippen LogP contribution in [0.4, 0.5) is 11.4 Å². The number of hydrogen-bond acceptors (Lipinski definition) is 6. The largest absolute Gasteiger partial charge is 0.326 e. The van der Waals surface area contributed by atoms with Gasteiger partial charge in [-0.25, -0.2) is 4.68 Å². The fraction of sp³-hybridized carbons (Fsp3) is 0.167. The molecular weight excluding hydrogens is 364 g/mol. The number of nitrogens with one attached hydrogen (secondary N) is 2. The van der Waals surface area contributed by atoms with Gasteiger partial charge < -0.3 is 10.6 Å². The van der Waals surface area contributed by atoms with Crippen LogP contribution in [0.25, 0.3) is 11.4 Å². The van der Waals surface area contributed by atoms with E-state index in [4.69, 9.17) is 0 Å². The van der Waals surface area contributed by atoms with Gasteiger partial charge in [0.15, 0.2) is 5.82 Å². The van der Waals surface area contributed by atoms with Crippen molar-refractivity contribution >= 4 is 35.0 Å². The Morgan fingerprint density at radius 3 is 2.93 bits per heavy atom. The maximum atomic E-state index is 12.5. The number of anilines is 2. The molecule has 0 radical (unpaired) electrons. The molecule has 27 heavy (non-hydrogen) atoms. The lowest BCUT2D eigenvalue weighted by molar-refractivity contribution is -0.120. The van der Waals surface area contributed by atoms with Crippen LogP contribution in [0.2, 0.25) is 0 Å². The van der Waals surface area contributed by atoms with E-state index in [2.05, 4.69) is 26.2 Å². The van der Waals surface area contributed by atoms with Gasteiger partial charge in [-0.15, -0.1) is 16.9 Å². The van der Waals surface area contributed by atoms with Crippen molar-refractivity contribution in [3.05, 3.63) is 48.5 Å². The van der Waals surface area contributed by atoms with Crippen LogP contribution >= 0.6 is 11.8 Å². The van der Waals surface area contributed by atoms with Crippen molar-refractivity contribution < 1.29 is 9.59 Å². The van der Waals surface area contributed by atoms with E-state index in [1.807, 2.05) is 36.4 Å². The molecule has 0 aliphatic carbocycles. The van der Waals surface area contributed by atoms with Crippen LogP contribution in [0, 0.1) is 0 Å². The number of para-hydroxylation sites is 1. The average molecular weight is 380 g/mol. The predicted octanol–water partition coefficient (Wildman–Crippen LogP) is 2.32. The third kappa shape index (κ3) is 3.68. The van der Waals surface area contributed by atoms with E-state index in [-0.39, 0.29) is 18.2 Å². The first kappa shape index (κ1) is 17.2. The maximum absolute atomic E-state index is 12.5. The second kappa shape index (κ2) is 7.20. The van der Waals surface area contributed by atoms with E-state index in [9.17, 15) is 9.59 Å². The molecule has 0 saturated carbocycles. The number of rotatable bonds is 4. The number of carbonyl (C=O) groups excluding carboxylic acids is 2. The fourth-order valence-electron chi connectivity index (χ4n) is 2.82. The average Bonchev–Trinajstić information content (AvgIpc) is 3.08. The summed E-state index contributed by atoms with van der Waals surface area (Å²) in [5, 5.41) is 16.6. The van der Waals surface area contributed by atoms with Crippen molar-refractivity contribution in [1.29, 1.82) is 0 Å². The van der Waals surface area contributed by atoms with Gasteiger partial charge >= 0.3 is 0 Å². The van der Waals surface area contributed by atoms with Crippen molar-refractivity contribution in [3.63, 3.8) is 0 Å². The van der Waals surface area contributed by atoms with Crippen LogP contribution in [0.5, 0.6) is 0 Å². The lowest BCUT2D eigenvalue weighted by Crippen LogP contribution is -2.32. The molecule has 2 amide bonds. The molecular formula is C18H16N6O2S. The van der Waals surface area contributed by atoms with Crippen LogP contribution in [0.3, 0.4) is 0 Å². The van der Waals surface area contributed by atoms with E-state index >= 15 is 0 Å². The molecule has 9 heteroatoms. The molecule has 1 atom stereocenters. The van der Waals surface area contributed by atoms with Gasteiger partial charge in [-0.2, -0.15) is 0 Å². The molecule has 2 heterocycles. The van der Waals surface area contributed by atoms with E-state index in [1.54, 1.807) is 23.9 Å². The number of aryl methyl sites for hydroxylation is 1. The lowest BCUT2D eigenvalue weighted by atomic mass is 10.2. The summed E-state index contributed by atoms with van der Waals surface area (Å²) in [6.07, 6.45) is 0.0839. The van der Waals surface area contributed by atoms with Gasteiger partial charge in [0.2, 0.25) is 11.8 Å². The number of tetrazole rings is 1. The number of fused-ring (bicyclic) bond motifs is 1. The number of carbonyl (C=O) groups is 2. The number of hydrogen-bond donors (Lipinski definition) is 2. The van der Waals surface area contributed by atoms with Crippen molar-refractivity contribution in [3.8, 4) is 11.4 Å². The molecule has 8 nitrogen and oxygen atoms in total. The Balaban J connectivity index is 1.44. The Morgan fingerprint density at radius 2 is 2.11 bits per heavy atom. The minimum Gasteiger partial charge on any atom is -0.326 e. The van der Waals surface area contributed by atoms with E-state index < -0.39 is 5.25 Å².